The summed E-state index contributed by atoms with van der Waals surface area (Å²) in [7, 11) is 0. The number of carbonyl (C=O) groups excluding carboxylic acids is 2. The van der Waals surface area contributed by atoms with E-state index >= 15 is 0 Å². The minimum Gasteiger partial charge on any atom is -0.356 e. The van der Waals surface area contributed by atoms with E-state index in [1.165, 1.54) is 12.1 Å². The SMILES string of the molecule is O=C(CC1C(=O)NCCN1Cc1ccc(Cl)c(F)c1)NCCc1cnccn1. The highest BCUT2D eigenvalue weighted by Gasteiger charge is 2.31. The van der Waals surface area contributed by atoms with Gasteiger partial charge in [-0.25, -0.2) is 4.39 Å². The number of aromatic nitrogens is 2. The molecule has 0 radical (unpaired) electrons. The number of halogens is 2. The molecule has 1 atom stereocenters. The third kappa shape index (κ3) is 5.46. The van der Waals surface area contributed by atoms with Crippen LogP contribution in [0.4, 0.5) is 4.39 Å². The molecule has 148 valence electrons. The fraction of sp³-hybridized carbons (Fsp3) is 0.368. The minimum atomic E-state index is -0.607. The number of hydrogen-bond acceptors (Lipinski definition) is 5. The summed E-state index contributed by atoms with van der Waals surface area (Å²) in [6, 6.07) is 3.96. The molecule has 1 aliphatic heterocycles. The van der Waals surface area contributed by atoms with Crippen molar-refractivity contribution in [3.05, 3.63) is 58.9 Å². The van der Waals surface area contributed by atoms with Gasteiger partial charge in [-0.1, -0.05) is 17.7 Å². The maximum atomic E-state index is 13.7. The molecule has 9 heteroatoms. The fourth-order valence-electron chi connectivity index (χ4n) is 3.08. The van der Waals surface area contributed by atoms with Gasteiger partial charge in [0.1, 0.15) is 5.82 Å². The van der Waals surface area contributed by atoms with Gasteiger partial charge >= 0.3 is 0 Å². The monoisotopic (exact) mass is 405 g/mol. The zero-order valence-corrected chi connectivity index (χ0v) is 16.0. The molecule has 2 amide bonds. The Morgan fingerprint density at radius 3 is 3.00 bits per heavy atom. The van der Waals surface area contributed by atoms with Crippen molar-refractivity contribution in [2.75, 3.05) is 19.6 Å². The second kappa shape index (κ2) is 9.57. The van der Waals surface area contributed by atoms with E-state index in [4.69, 9.17) is 11.6 Å². The van der Waals surface area contributed by atoms with Crippen LogP contribution in [0.3, 0.4) is 0 Å². The van der Waals surface area contributed by atoms with Gasteiger partial charge in [0.2, 0.25) is 11.8 Å². The van der Waals surface area contributed by atoms with Crippen LogP contribution < -0.4 is 10.6 Å². The number of piperazine rings is 1. The van der Waals surface area contributed by atoms with Crippen molar-refractivity contribution in [1.29, 1.82) is 0 Å². The van der Waals surface area contributed by atoms with Gasteiger partial charge in [-0.3, -0.25) is 24.5 Å². The predicted molar refractivity (Wildman–Crippen MR) is 102 cm³/mol. The third-order valence-corrected chi connectivity index (χ3v) is 4.82. The molecule has 3 rings (SSSR count). The summed E-state index contributed by atoms with van der Waals surface area (Å²) in [6.45, 7) is 1.83. The zero-order chi connectivity index (χ0) is 19.9. The molecule has 0 saturated carbocycles. The van der Waals surface area contributed by atoms with Crippen molar-refractivity contribution in [2.45, 2.75) is 25.4 Å². The van der Waals surface area contributed by atoms with Gasteiger partial charge in [-0.2, -0.15) is 0 Å². The Bertz CT molecular complexity index is 836. The van der Waals surface area contributed by atoms with Crippen LogP contribution in [0.1, 0.15) is 17.7 Å². The first-order valence-electron chi connectivity index (χ1n) is 9.00. The number of amides is 2. The number of nitrogens with one attached hydrogen (secondary N) is 2. The molecule has 0 spiro atoms. The fourth-order valence-corrected chi connectivity index (χ4v) is 3.20. The predicted octanol–water partition coefficient (Wildman–Crippen LogP) is 1.32. The van der Waals surface area contributed by atoms with E-state index in [2.05, 4.69) is 20.6 Å². The lowest BCUT2D eigenvalue weighted by atomic mass is 10.1. The van der Waals surface area contributed by atoms with Crippen molar-refractivity contribution in [3.8, 4) is 0 Å². The van der Waals surface area contributed by atoms with Crippen LogP contribution in [0.25, 0.3) is 0 Å². The lowest BCUT2D eigenvalue weighted by Crippen LogP contribution is -2.56. The van der Waals surface area contributed by atoms with Crippen LogP contribution >= 0.6 is 11.6 Å². The van der Waals surface area contributed by atoms with Gasteiger partial charge in [0.05, 0.1) is 23.2 Å². The van der Waals surface area contributed by atoms with Crippen molar-refractivity contribution in [2.24, 2.45) is 0 Å². The lowest BCUT2D eigenvalue weighted by molar-refractivity contribution is -0.134. The van der Waals surface area contributed by atoms with Crippen LogP contribution in [0.15, 0.2) is 36.8 Å². The van der Waals surface area contributed by atoms with Gasteiger partial charge in [0.15, 0.2) is 0 Å². The quantitative estimate of drug-likeness (QED) is 0.725. The van der Waals surface area contributed by atoms with Crippen molar-refractivity contribution in [3.63, 3.8) is 0 Å². The Hall–Kier alpha value is -2.58. The second-order valence-corrected chi connectivity index (χ2v) is 6.93. The van der Waals surface area contributed by atoms with Crippen LogP contribution in [-0.2, 0) is 22.6 Å². The van der Waals surface area contributed by atoms with Gasteiger partial charge in [0.25, 0.3) is 0 Å². The topological polar surface area (TPSA) is 87.2 Å². The largest absolute Gasteiger partial charge is 0.356 e. The lowest BCUT2D eigenvalue weighted by Gasteiger charge is -2.34. The molecule has 1 unspecified atom stereocenters. The van der Waals surface area contributed by atoms with E-state index in [-0.39, 0.29) is 23.3 Å². The second-order valence-electron chi connectivity index (χ2n) is 6.53. The average Bonchev–Trinajstić information content (AvgIpc) is 2.68. The van der Waals surface area contributed by atoms with Crippen molar-refractivity contribution in [1.82, 2.24) is 25.5 Å². The summed E-state index contributed by atoms with van der Waals surface area (Å²) in [5, 5.41) is 5.65. The molecule has 0 bridgehead atoms. The van der Waals surface area contributed by atoms with Crippen LogP contribution in [-0.4, -0.2) is 52.4 Å². The number of hydrogen-bond donors (Lipinski definition) is 2. The number of benzene rings is 1. The van der Waals surface area contributed by atoms with Gasteiger partial charge in [-0.05, 0) is 17.7 Å². The Balaban J connectivity index is 1.56. The van der Waals surface area contributed by atoms with Crippen molar-refractivity contribution >= 4 is 23.4 Å². The van der Waals surface area contributed by atoms with E-state index in [1.807, 2.05) is 4.90 Å². The Kier molecular flexibility index (Phi) is 6.89. The summed E-state index contributed by atoms with van der Waals surface area (Å²) in [4.78, 5) is 34.6. The molecular formula is C19H21ClFN5O2. The number of rotatable bonds is 7. The summed E-state index contributed by atoms with van der Waals surface area (Å²) in [5.74, 6) is -0.929. The van der Waals surface area contributed by atoms with E-state index in [0.717, 1.165) is 5.69 Å². The summed E-state index contributed by atoms with van der Waals surface area (Å²) >= 11 is 5.72. The summed E-state index contributed by atoms with van der Waals surface area (Å²) < 4.78 is 13.7. The number of carbonyl (C=O) groups is 2. The maximum Gasteiger partial charge on any atom is 0.237 e. The molecule has 7 nitrogen and oxygen atoms in total. The van der Waals surface area contributed by atoms with Crippen LogP contribution in [0.5, 0.6) is 0 Å². The highest BCUT2D eigenvalue weighted by Crippen LogP contribution is 2.19. The molecule has 1 aromatic heterocycles. The molecule has 1 aromatic carbocycles. The van der Waals surface area contributed by atoms with Gasteiger partial charge in [0, 0.05) is 51.2 Å². The third-order valence-electron chi connectivity index (χ3n) is 4.51. The number of nitrogens with zero attached hydrogens (tertiary/aromatic N) is 3. The Labute approximate surface area is 167 Å². The molecule has 1 fully saturated rings. The normalized spacial score (nSPS) is 17.2. The highest BCUT2D eigenvalue weighted by atomic mass is 35.5. The smallest absolute Gasteiger partial charge is 0.237 e. The van der Waals surface area contributed by atoms with E-state index in [0.29, 0.717) is 38.2 Å². The molecule has 2 N–H and O–H groups in total. The average molecular weight is 406 g/mol. The molecule has 2 heterocycles. The first-order chi connectivity index (χ1) is 13.5. The molecule has 1 saturated heterocycles. The molecule has 2 aromatic rings. The molecule has 1 aliphatic rings. The first-order valence-corrected chi connectivity index (χ1v) is 9.38. The van der Waals surface area contributed by atoms with E-state index < -0.39 is 11.9 Å². The first kappa shape index (κ1) is 20.2. The van der Waals surface area contributed by atoms with Gasteiger partial charge in [-0.15, -0.1) is 0 Å². The van der Waals surface area contributed by atoms with E-state index in [9.17, 15) is 14.0 Å². The zero-order valence-electron chi connectivity index (χ0n) is 15.2. The van der Waals surface area contributed by atoms with Crippen LogP contribution in [0.2, 0.25) is 5.02 Å². The van der Waals surface area contributed by atoms with E-state index in [1.54, 1.807) is 24.7 Å². The van der Waals surface area contributed by atoms with Crippen LogP contribution in [0, 0.1) is 5.82 Å². The molecule has 28 heavy (non-hydrogen) atoms. The molecular weight excluding hydrogens is 385 g/mol. The molecule has 0 aliphatic carbocycles. The van der Waals surface area contributed by atoms with Crippen molar-refractivity contribution < 1.29 is 14.0 Å². The standard InChI is InChI=1S/C19H21ClFN5O2/c20-15-2-1-13(9-16(15)21)12-26-8-7-25-19(28)17(26)10-18(27)24-4-3-14-11-22-5-6-23-14/h1-2,5-6,9,11,17H,3-4,7-8,10,12H2,(H,24,27)(H,25,28). The highest BCUT2D eigenvalue weighted by molar-refractivity contribution is 6.30. The summed E-state index contributed by atoms with van der Waals surface area (Å²) in [5.41, 5.74) is 1.48. The maximum absolute atomic E-state index is 13.7. The minimum absolute atomic E-state index is 0.0301. The Morgan fingerprint density at radius 1 is 1.39 bits per heavy atom. The Morgan fingerprint density at radius 2 is 2.25 bits per heavy atom. The summed E-state index contributed by atoms with van der Waals surface area (Å²) in [6.07, 6.45) is 5.42. The van der Waals surface area contributed by atoms with Gasteiger partial charge < -0.3 is 10.6 Å².